The van der Waals surface area contributed by atoms with E-state index >= 15 is 0 Å². The second kappa shape index (κ2) is 7.67. The van der Waals surface area contributed by atoms with E-state index in [0.29, 0.717) is 17.8 Å². The molecule has 0 aliphatic carbocycles. The van der Waals surface area contributed by atoms with Crippen LogP contribution >= 0.6 is 0 Å². The third-order valence-corrected chi connectivity index (χ3v) is 4.92. The Bertz CT molecular complexity index is 1190. The highest BCUT2D eigenvalue weighted by molar-refractivity contribution is 5.94. The number of para-hydroxylation sites is 2. The number of H-pyrrole nitrogens is 1. The van der Waals surface area contributed by atoms with Gasteiger partial charge in [-0.25, -0.2) is 19.3 Å². The quantitative estimate of drug-likeness (QED) is 0.481. The summed E-state index contributed by atoms with van der Waals surface area (Å²) in [6, 6.07) is 11.4. The third-order valence-electron chi connectivity index (χ3n) is 4.92. The summed E-state index contributed by atoms with van der Waals surface area (Å²) in [4.78, 5) is 28.5. The largest absolute Gasteiger partial charge is 0.352 e. The van der Waals surface area contributed by atoms with Crippen molar-refractivity contribution in [1.82, 2.24) is 29.5 Å². The average Bonchev–Trinajstić information content (AvgIpc) is 3.24. The fraction of sp³-hybridized carbons (Fsp3) is 0.300. The zero-order valence-electron chi connectivity index (χ0n) is 15.7. The zero-order valence-corrected chi connectivity index (χ0v) is 15.7. The first-order chi connectivity index (χ1) is 13.6. The highest BCUT2D eigenvalue weighted by Gasteiger charge is 2.09. The molecule has 0 aliphatic rings. The van der Waals surface area contributed by atoms with Crippen LogP contribution in [0.25, 0.3) is 16.7 Å². The van der Waals surface area contributed by atoms with Crippen LogP contribution in [-0.4, -0.2) is 36.6 Å². The highest BCUT2D eigenvalue weighted by atomic mass is 16.2. The number of fused-ring (bicyclic) bond motifs is 2. The van der Waals surface area contributed by atoms with Crippen LogP contribution in [0.15, 0.2) is 47.4 Å². The van der Waals surface area contributed by atoms with Gasteiger partial charge in [0.2, 0.25) is 0 Å². The Morgan fingerprint density at radius 1 is 1.14 bits per heavy atom. The van der Waals surface area contributed by atoms with Crippen LogP contribution in [0.1, 0.15) is 35.4 Å². The van der Waals surface area contributed by atoms with E-state index in [1.165, 1.54) is 10.6 Å². The average molecular weight is 378 g/mol. The number of hydrogen-bond donors (Lipinski definition) is 2. The molecular formula is C20H22N6O2. The van der Waals surface area contributed by atoms with Gasteiger partial charge in [0.25, 0.3) is 5.91 Å². The highest BCUT2D eigenvalue weighted by Crippen LogP contribution is 2.15. The Kier molecular flexibility index (Phi) is 4.92. The Labute approximate surface area is 161 Å². The molecule has 3 aromatic heterocycles. The summed E-state index contributed by atoms with van der Waals surface area (Å²) >= 11 is 0. The van der Waals surface area contributed by atoms with Gasteiger partial charge in [0.1, 0.15) is 5.82 Å². The molecule has 8 nitrogen and oxygen atoms in total. The standard InChI is InChI=1S/C20H22N6O2/c1-25-16-8-5-4-7-15(16)22-17(25)9-3-2-6-12-21-19(27)14-10-11-18-23-24-20(28)26(18)13-14/h4-5,7-8,10-11,13H,2-3,6,9,12H2,1H3,(H,21,27)(H,24,28). The maximum Gasteiger partial charge on any atom is 0.347 e. The molecule has 0 radical (unpaired) electrons. The number of carbonyl (C=O) groups excluding carboxylic acids is 1. The van der Waals surface area contributed by atoms with Crippen molar-refractivity contribution < 1.29 is 4.79 Å². The van der Waals surface area contributed by atoms with Gasteiger partial charge in [0, 0.05) is 26.2 Å². The van der Waals surface area contributed by atoms with Crippen LogP contribution < -0.4 is 11.0 Å². The molecule has 4 rings (SSSR count). The van der Waals surface area contributed by atoms with Crippen molar-refractivity contribution >= 4 is 22.6 Å². The monoisotopic (exact) mass is 378 g/mol. The minimum atomic E-state index is -0.355. The molecule has 0 aliphatic heterocycles. The van der Waals surface area contributed by atoms with E-state index in [4.69, 9.17) is 0 Å². The number of nitrogens with one attached hydrogen (secondary N) is 2. The molecule has 0 saturated carbocycles. The zero-order chi connectivity index (χ0) is 19.5. The van der Waals surface area contributed by atoms with Gasteiger partial charge in [-0.1, -0.05) is 18.6 Å². The lowest BCUT2D eigenvalue weighted by Gasteiger charge is -2.06. The lowest BCUT2D eigenvalue weighted by molar-refractivity contribution is 0.0952. The van der Waals surface area contributed by atoms with Crippen molar-refractivity contribution in [3.8, 4) is 0 Å². The Morgan fingerprint density at radius 2 is 2.00 bits per heavy atom. The van der Waals surface area contributed by atoms with Crippen LogP contribution in [-0.2, 0) is 13.5 Å². The Morgan fingerprint density at radius 3 is 2.86 bits per heavy atom. The first-order valence-corrected chi connectivity index (χ1v) is 9.39. The molecule has 2 N–H and O–H groups in total. The van der Waals surface area contributed by atoms with Crippen molar-refractivity contribution in [2.45, 2.75) is 25.7 Å². The number of hydrogen-bond acceptors (Lipinski definition) is 4. The van der Waals surface area contributed by atoms with Crippen molar-refractivity contribution in [1.29, 1.82) is 0 Å². The van der Waals surface area contributed by atoms with E-state index in [1.807, 2.05) is 25.2 Å². The topological polar surface area (TPSA) is 97.1 Å². The summed E-state index contributed by atoms with van der Waals surface area (Å²) in [6.07, 6.45) is 5.33. The molecule has 1 aromatic carbocycles. The molecule has 0 fully saturated rings. The van der Waals surface area contributed by atoms with Crippen molar-refractivity contribution in [3.05, 3.63) is 64.5 Å². The normalized spacial score (nSPS) is 11.3. The summed E-state index contributed by atoms with van der Waals surface area (Å²) in [5.74, 6) is 0.898. The van der Waals surface area contributed by atoms with Gasteiger partial charge in [0.15, 0.2) is 5.65 Å². The molecule has 28 heavy (non-hydrogen) atoms. The smallest absolute Gasteiger partial charge is 0.347 e. The van der Waals surface area contributed by atoms with Gasteiger partial charge < -0.3 is 9.88 Å². The number of amides is 1. The number of imidazole rings is 1. The van der Waals surface area contributed by atoms with Gasteiger partial charge in [-0.15, -0.1) is 0 Å². The first-order valence-electron chi connectivity index (χ1n) is 9.39. The third kappa shape index (κ3) is 3.53. The summed E-state index contributed by atoms with van der Waals surface area (Å²) in [5, 5.41) is 9.10. The number of unbranched alkanes of at least 4 members (excludes halogenated alkanes) is 2. The molecule has 8 heteroatoms. The molecule has 1 amide bonds. The molecule has 0 bridgehead atoms. The Balaban J connectivity index is 1.24. The van der Waals surface area contributed by atoms with Crippen LogP contribution in [0.5, 0.6) is 0 Å². The van der Waals surface area contributed by atoms with Gasteiger partial charge in [-0.2, -0.15) is 5.10 Å². The number of aromatic amines is 1. The number of nitrogens with zero attached hydrogens (tertiary/aromatic N) is 4. The predicted octanol–water partition coefficient (Wildman–Crippen LogP) is 2.05. The van der Waals surface area contributed by atoms with Crippen LogP contribution in [0.2, 0.25) is 0 Å². The molecule has 3 heterocycles. The molecule has 4 aromatic rings. The summed E-state index contributed by atoms with van der Waals surface area (Å²) in [6.45, 7) is 0.597. The number of aromatic nitrogens is 5. The van der Waals surface area contributed by atoms with Crippen LogP contribution in [0.4, 0.5) is 0 Å². The number of rotatable bonds is 7. The maximum absolute atomic E-state index is 12.2. The molecular weight excluding hydrogens is 356 g/mol. The van der Waals surface area contributed by atoms with Gasteiger partial charge in [0.05, 0.1) is 16.6 Å². The SMILES string of the molecule is Cn1c(CCCCCNC(=O)c2ccc3n[nH]c(=O)n3c2)nc2ccccc21. The van der Waals surface area contributed by atoms with Crippen molar-refractivity contribution in [2.24, 2.45) is 7.05 Å². The van der Waals surface area contributed by atoms with E-state index in [9.17, 15) is 9.59 Å². The van der Waals surface area contributed by atoms with Gasteiger partial charge in [-0.3, -0.25) is 4.79 Å². The lowest BCUT2D eigenvalue weighted by Crippen LogP contribution is -2.25. The second-order valence-corrected chi connectivity index (χ2v) is 6.82. The van der Waals surface area contributed by atoms with Crippen LogP contribution in [0, 0.1) is 0 Å². The fourth-order valence-electron chi connectivity index (χ4n) is 3.35. The predicted molar refractivity (Wildman–Crippen MR) is 106 cm³/mol. The number of benzene rings is 1. The summed E-state index contributed by atoms with van der Waals surface area (Å²) in [5.41, 5.74) is 2.75. The van der Waals surface area contributed by atoms with Crippen molar-refractivity contribution in [2.75, 3.05) is 6.54 Å². The number of pyridine rings is 1. The second-order valence-electron chi connectivity index (χ2n) is 6.82. The summed E-state index contributed by atoms with van der Waals surface area (Å²) < 4.78 is 3.47. The maximum atomic E-state index is 12.2. The van der Waals surface area contributed by atoms with E-state index in [1.54, 1.807) is 12.1 Å². The molecule has 0 saturated heterocycles. The molecule has 144 valence electrons. The molecule has 0 atom stereocenters. The fourth-order valence-corrected chi connectivity index (χ4v) is 3.35. The van der Waals surface area contributed by atoms with Crippen LogP contribution in [0.3, 0.4) is 0 Å². The number of carbonyl (C=O) groups is 1. The first kappa shape index (κ1) is 18.0. The summed E-state index contributed by atoms with van der Waals surface area (Å²) in [7, 11) is 2.05. The minimum absolute atomic E-state index is 0.189. The minimum Gasteiger partial charge on any atom is -0.352 e. The lowest BCUT2D eigenvalue weighted by atomic mass is 10.2. The Hall–Kier alpha value is -3.42. The van der Waals surface area contributed by atoms with E-state index in [-0.39, 0.29) is 11.6 Å². The van der Waals surface area contributed by atoms with E-state index in [2.05, 4.69) is 31.1 Å². The van der Waals surface area contributed by atoms with Crippen molar-refractivity contribution in [3.63, 3.8) is 0 Å². The van der Waals surface area contributed by atoms with E-state index < -0.39 is 0 Å². The van der Waals surface area contributed by atoms with Gasteiger partial charge in [-0.05, 0) is 37.1 Å². The molecule has 0 spiro atoms. The van der Waals surface area contributed by atoms with Gasteiger partial charge >= 0.3 is 5.69 Å². The van der Waals surface area contributed by atoms with E-state index in [0.717, 1.165) is 42.5 Å². The number of aryl methyl sites for hydroxylation is 2. The molecule has 0 unspecified atom stereocenters.